The van der Waals surface area contributed by atoms with Crippen LogP contribution in [0.1, 0.15) is 51.4 Å². The monoisotopic (exact) mass is 276 g/mol. The van der Waals surface area contributed by atoms with Gasteiger partial charge in [-0.1, -0.05) is 12.1 Å². The summed E-state index contributed by atoms with van der Waals surface area (Å²) in [6.45, 7) is 9.98. The van der Waals surface area contributed by atoms with E-state index in [1.54, 1.807) is 0 Å². The van der Waals surface area contributed by atoms with Crippen molar-refractivity contribution >= 4 is 0 Å². The minimum absolute atomic E-state index is 0.0811. The average molecular weight is 276 g/mol. The molecule has 5 heteroatoms. The molecular formula is C15H24N4O. The van der Waals surface area contributed by atoms with E-state index in [9.17, 15) is 0 Å². The molecule has 0 aliphatic rings. The van der Waals surface area contributed by atoms with E-state index in [-0.39, 0.29) is 5.54 Å². The molecule has 0 saturated heterocycles. The number of nitrogens with one attached hydrogen (secondary N) is 1. The van der Waals surface area contributed by atoms with E-state index in [0.717, 1.165) is 36.7 Å². The molecule has 2 heterocycles. The maximum Gasteiger partial charge on any atom is 0.156 e. The van der Waals surface area contributed by atoms with Gasteiger partial charge in [0.15, 0.2) is 5.76 Å². The molecule has 0 aliphatic heterocycles. The maximum atomic E-state index is 5.40. The summed E-state index contributed by atoms with van der Waals surface area (Å²) in [7, 11) is 0. The Kier molecular flexibility index (Phi) is 4.60. The zero-order valence-corrected chi connectivity index (χ0v) is 12.8. The molecule has 0 unspecified atom stereocenters. The van der Waals surface area contributed by atoms with Crippen molar-refractivity contribution in [1.29, 1.82) is 0 Å². The number of hydrogen-bond donors (Lipinski definition) is 1. The first-order valence-corrected chi connectivity index (χ1v) is 7.17. The van der Waals surface area contributed by atoms with Crippen LogP contribution in [-0.4, -0.2) is 20.2 Å². The normalized spacial score (nSPS) is 12.0. The van der Waals surface area contributed by atoms with Crippen LogP contribution in [0.25, 0.3) is 0 Å². The molecule has 5 nitrogen and oxygen atoms in total. The van der Waals surface area contributed by atoms with Gasteiger partial charge in [0.25, 0.3) is 0 Å². The third-order valence-corrected chi connectivity index (χ3v) is 3.01. The van der Waals surface area contributed by atoms with Gasteiger partial charge in [-0.2, -0.15) is 0 Å². The molecule has 0 saturated carbocycles. The lowest BCUT2D eigenvalue weighted by molar-refractivity contribution is 0.359. The van der Waals surface area contributed by atoms with Crippen molar-refractivity contribution in [3.63, 3.8) is 0 Å². The maximum absolute atomic E-state index is 5.40. The standard InChI is InChI=1S/C15H24N4O/c1-5-6-14-16-7-8-19(14)11-13-9-12(18-20-13)10-17-15(2,3)4/h7-9,17H,5-6,10-11H2,1-4H3. The molecule has 2 aromatic heterocycles. The van der Waals surface area contributed by atoms with Crippen molar-refractivity contribution in [2.75, 3.05) is 0 Å². The van der Waals surface area contributed by atoms with Crippen molar-refractivity contribution in [3.05, 3.63) is 35.7 Å². The summed E-state index contributed by atoms with van der Waals surface area (Å²) in [5.41, 5.74) is 1.02. The topological polar surface area (TPSA) is 55.9 Å². The predicted octanol–water partition coefficient (Wildman–Crippen LogP) is 2.76. The summed E-state index contributed by atoms with van der Waals surface area (Å²) >= 11 is 0. The smallest absolute Gasteiger partial charge is 0.156 e. The van der Waals surface area contributed by atoms with Crippen LogP contribution in [0.5, 0.6) is 0 Å². The molecule has 110 valence electrons. The van der Waals surface area contributed by atoms with Gasteiger partial charge >= 0.3 is 0 Å². The Bertz CT molecular complexity index is 536. The zero-order valence-electron chi connectivity index (χ0n) is 12.8. The van der Waals surface area contributed by atoms with E-state index in [1.165, 1.54) is 0 Å². The van der Waals surface area contributed by atoms with Crippen LogP contribution >= 0.6 is 0 Å². The minimum Gasteiger partial charge on any atom is -0.359 e. The van der Waals surface area contributed by atoms with E-state index in [2.05, 4.69) is 47.7 Å². The predicted molar refractivity (Wildman–Crippen MR) is 78.4 cm³/mol. The quantitative estimate of drug-likeness (QED) is 0.881. The molecule has 1 N–H and O–H groups in total. The fraction of sp³-hybridized carbons (Fsp3) is 0.600. The molecule has 0 spiro atoms. The lowest BCUT2D eigenvalue weighted by atomic mass is 10.1. The van der Waals surface area contributed by atoms with E-state index < -0.39 is 0 Å². The lowest BCUT2D eigenvalue weighted by Crippen LogP contribution is -2.35. The van der Waals surface area contributed by atoms with Crippen LogP contribution < -0.4 is 5.32 Å². The highest BCUT2D eigenvalue weighted by molar-refractivity contribution is 5.07. The molecule has 20 heavy (non-hydrogen) atoms. The first-order valence-electron chi connectivity index (χ1n) is 7.17. The van der Waals surface area contributed by atoms with Crippen molar-refractivity contribution in [2.24, 2.45) is 0 Å². The van der Waals surface area contributed by atoms with E-state index in [0.29, 0.717) is 6.54 Å². The number of aryl methyl sites for hydroxylation is 1. The molecule has 0 fully saturated rings. The molecule has 0 amide bonds. The molecule has 0 aliphatic carbocycles. The van der Waals surface area contributed by atoms with E-state index in [1.807, 2.05) is 18.5 Å². The van der Waals surface area contributed by atoms with Gasteiger partial charge in [0.1, 0.15) is 5.82 Å². The lowest BCUT2D eigenvalue weighted by Gasteiger charge is -2.19. The first kappa shape index (κ1) is 14.8. The summed E-state index contributed by atoms with van der Waals surface area (Å²) in [4.78, 5) is 4.37. The van der Waals surface area contributed by atoms with Crippen LogP contribution in [0.3, 0.4) is 0 Å². The first-order chi connectivity index (χ1) is 9.48. The molecule has 0 bridgehead atoms. The van der Waals surface area contributed by atoms with Crippen LogP contribution in [0.15, 0.2) is 23.0 Å². The number of imidazole rings is 1. The summed E-state index contributed by atoms with van der Waals surface area (Å²) in [6, 6.07) is 2.01. The van der Waals surface area contributed by atoms with E-state index in [4.69, 9.17) is 4.52 Å². The van der Waals surface area contributed by atoms with Gasteiger partial charge in [-0.15, -0.1) is 0 Å². The van der Waals surface area contributed by atoms with Gasteiger partial charge in [-0.3, -0.25) is 0 Å². The molecule has 2 rings (SSSR count). The Morgan fingerprint density at radius 1 is 1.35 bits per heavy atom. The second kappa shape index (κ2) is 6.22. The van der Waals surface area contributed by atoms with E-state index >= 15 is 0 Å². The SMILES string of the molecule is CCCc1nccn1Cc1cc(CNC(C)(C)C)no1. The second-order valence-corrected chi connectivity index (χ2v) is 6.11. The Balaban J connectivity index is 1.97. The van der Waals surface area contributed by atoms with Gasteiger partial charge in [0, 0.05) is 37.0 Å². The fourth-order valence-electron chi connectivity index (χ4n) is 1.97. The van der Waals surface area contributed by atoms with Crippen molar-refractivity contribution in [2.45, 2.75) is 59.2 Å². The zero-order chi connectivity index (χ0) is 14.6. The number of rotatable bonds is 6. The Hall–Kier alpha value is -1.62. The number of nitrogens with zero attached hydrogens (tertiary/aromatic N) is 3. The van der Waals surface area contributed by atoms with Crippen LogP contribution in [0.4, 0.5) is 0 Å². The largest absolute Gasteiger partial charge is 0.359 e. The van der Waals surface area contributed by atoms with Gasteiger partial charge < -0.3 is 14.4 Å². The van der Waals surface area contributed by atoms with Crippen LogP contribution in [0.2, 0.25) is 0 Å². The van der Waals surface area contributed by atoms with Gasteiger partial charge in [0.2, 0.25) is 0 Å². The van der Waals surface area contributed by atoms with Crippen molar-refractivity contribution < 1.29 is 4.52 Å². The summed E-state index contributed by atoms with van der Waals surface area (Å²) < 4.78 is 7.51. The Morgan fingerprint density at radius 2 is 2.15 bits per heavy atom. The summed E-state index contributed by atoms with van der Waals surface area (Å²) in [6.07, 6.45) is 5.90. The van der Waals surface area contributed by atoms with Crippen molar-refractivity contribution in [3.8, 4) is 0 Å². The molecule has 0 radical (unpaired) electrons. The van der Waals surface area contributed by atoms with Crippen LogP contribution in [0, 0.1) is 0 Å². The molecule has 0 atom stereocenters. The molecular weight excluding hydrogens is 252 g/mol. The third kappa shape index (κ3) is 4.20. The van der Waals surface area contributed by atoms with Gasteiger partial charge in [-0.05, 0) is 27.2 Å². The number of aromatic nitrogens is 3. The molecule has 0 aromatic carbocycles. The van der Waals surface area contributed by atoms with Gasteiger partial charge in [0.05, 0.1) is 12.2 Å². The third-order valence-electron chi connectivity index (χ3n) is 3.01. The fourth-order valence-corrected chi connectivity index (χ4v) is 1.97. The highest BCUT2D eigenvalue weighted by Crippen LogP contribution is 2.10. The highest BCUT2D eigenvalue weighted by atomic mass is 16.5. The molecule has 2 aromatic rings. The highest BCUT2D eigenvalue weighted by Gasteiger charge is 2.12. The Labute approximate surface area is 120 Å². The van der Waals surface area contributed by atoms with Crippen molar-refractivity contribution in [1.82, 2.24) is 20.0 Å². The minimum atomic E-state index is 0.0811. The average Bonchev–Trinajstić information content (AvgIpc) is 2.97. The summed E-state index contributed by atoms with van der Waals surface area (Å²) in [5.74, 6) is 1.96. The van der Waals surface area contributed by atoms with Crippen LogP contribution in [-0.2, 0) is 19.5 Å². The van der Waals surface area contributed by atoms with Gasteiger partial charge in [-0.25, -0.2) is 4.98 Å². The number of hydrogen-bond acceptors (Lipinski definition) is 4. The second-order valence-electron chi connectivity index (χ2n) is 6.11. The summed E-state index contributed by atoms with van der Waals surface area (Å²) in [5, 5.41) is 7.50. The Morgan fingerprint density at radius 3 is 2.85 bits per heavy atom.